The van der Waals surface area contributed by atoms with E-state index in [-0.39, 0.29) is 11.3 Å². The highest BCUT2D eigenvalue weighted by atomic mass is 32.2. The Balaban J connectivity index is 1.56. The number of hydrogen-bond donors (Lipinski definition) is 0. The van der Waals surface area contributed by atoms with Crippen LogP contribution in [-0.2, 0) is 17.4 Å². The third-order valence-corrected chi connectivity index (χ3v) is 8.61. The molecule has 0 aliphatic heterocycles. The van der Waals surface area contributed by atoms with Crippen molar-refractivity contribution >= 4 is 21.9 Å². The van der Waals surface area contributed by atoms with E-state index in [1.165, 1.54) is 0 Å². The van der Waals surface area contributed by atoms with E-state index in [0.29, 0.717) is 70.0 Å². The summed E-state index contributed by atoms with van der Waals surface area (Å²) in [5.74, 6) is 3.22. The summed E-state index contributed by atoms with van der Waals surface area (Å²) in [6.07, 6.45) is 2.28. The van der Waals surface area contributed by atoms with E-state index in [1.807, 2.05) is 37.3 Å². The normalized spacial score (nSPS) is 11.8. The Labute approximate surface area is 225 Å². The highest BCUT2D eigenvalue weighted by molar-refractivity contribution is 7.97. The molecule has 2 heterocycles. The summed E-state index contributed by atoms with van der Waals surface area (Å²) in [6, 6.07) is 16.7. The van der Waals surface area contributed by atoms with Crippen LogP contribution in [0.25, 0.3) is 11.0 Å². The molecule has 1 atom stereocenters. The van der Waals surface area contributed by atoms with Crippen molar-refractivity contribution in [3.63, 3.8) is 0 Å². The van der Waals surface area contributed by atoms with Crippen molar-refractivity contribution < 1.29 is 24.1 Å². The zero-order chi connectivity index (χ0) is 27.1. The molecule has 0 fully saturated rings. The van der Waals surface area contributed by atoms with Crippen molar-refractivity contribution in [3.8, 4) is 28.7 Å². The number of aromatic nitrogens is 2. The molecule has 0 aliphatic carbocycles. The second-order valence-electron chi connectivity index (χ2n) is 8.46. The topological polar surface area (TPSA) is 94.9 Å². The molecule has 9 heteroatoms. The molecule has 0 saturated heterocycles. The van der Waals surface area contributed by atoms with Gasteiger partial charge in [-0.3, -0.25) is 9.36 Å². The summed E-state index contributed by atoms with van der Waals surface area (Å²) < 4.78 is 23.8. The third kappa shape index (κ3) is 5.67. The van der Waals surface area contributed by atoms with Gasteiger partial charge >= 0.3 is 5.56 Å². The zero-order valence-corrected chi connectivity index (χ0v) is 22.9. The molecule has 0 radical (unpaired) electrons. The number of pyridine rings is 2. The number of methoxy groups -OCH3 is 3. The summed E-state index contributed by atoms with van der Waals surface area (Å²) in [6.45, 7) is 2.77. The van der Waals surface area contributed by atoms with E-state index >= 15 is 0 Å². The minimum absolute atomic E-state index is 0.224. The molecular formula is C29H32N2O6S. The first-order valence-corrected chi connectivity index (χ1v) is 13.9. The first kappa shape index (κ1) is 27.2. The highest BCUT2D eigenvalue weighted by Crippen LogP contribution is 2.40. The smallest absolute Gasteiger partial charge is 0.307 e. The van der Waals surface area contributed by atoms with Gasteiger partial charge in [-0.2, -0.15) is 0 Å². The first-order valence-electron chi connectivity index (χ1n) is 12.3. The van der Waals surface area contributed by atoms with Crippen LogP contribution in [0.2, 0.25) is 0 Å². The summed E-state index contributed by atoms with van der Waals surface area (Å²) in [4.78, 5) is 18.5. The van der Waals surface area contributed by atoms with Crippen molar-refractivity contribution in [2.45, 2.75) is 24.8 Å². The standard InChI is InChI=1S/C29H32N2O6S/c1-5-38(16-10-15-37-21-17-23(34-2)26(36-4)24(18-21)35-3)27-25(32)22-13-9-14-30-28(22)31(29(27)33)19-20-11-7-6-8-12-20/h6-9,11-14,17-18H,5,10,15-16,19H2,1-4H3. The SMILES string of the molecule is CC[S+](CCCOc1cc(OC)c(OC)c(OC)c1)c1c([O-])c2cccnc2n(Cc2ccccc2)c1=O. The maximum atomic E-state index is 13.7. The van der Waals surface area contributed by atoms with Crippen molar-refractivity contribution in [1.82, 2.24) is 9.55 Å². The van der Waals surface area contributed by atoms with Crippen LogP contribution < -0.4 is 29.6 Å². The lowest BCUT2D eigenvalue weighted by Crippen LogP contribution is -2.31. The van der Waals surface area contributed by atoms with Gasteiger partial charge in [0.15, 0.2) is 11.5 Å². The highest BCUT2D eigenvalue weighted by Gasteiger charge is 2.28. The van der Waals surface area contributed by atoms with Crippen LogP contribution in [0.4, 0.5) is 0 Å². The second kappa shape index (κ2) is 12.6. The Morgan fingerprint density at radius 3 is 2.32 bits per heavy atom. The molecule has 4 rings (SSSR count). The molecule has 38 heavy (non-hydrogen) atoms. The predicted octanol–water partition coefficient (Wildman–Crippen LogP) is 4.01. The molecule has 8 nitrogen and oxygen atoms in total. The zero-order valence-electron chi connectivity index (χ0n) is 22.1. The Morgan fingerprint density at radius 2 is 1.68 bits per heavy atom. The molecular weight excluding hydrogens is 504 g/mol. The van der Waals surface area contributed by atoms with Crippen molar-refractivity contribution in [2.24, 2.45) is 0 Å². The summed E-state index contributed by atoms with van der Waals surface area (Å²) in [5.41, 5.74) is 1.13. The van der Waals surface area contributed by atoms with Crippen LogP contribution in [0.15, 0.2) is 70.5 Å². The van der Waals surface area contributed by atoms with Crippen LogP contribution in [0, 0.1) is 0 Å². The molecule has 2 aromatic heterocycles. The van der Waals surface area contributed by atoms with E-state index < -0.39 is 10.9 Å². The van der Waals surface area contributed by atoms with Crippen LogP contribution in [-0.4, -0.2) is 49.0 Å². The minimum Gasteiger partial charge on any atom is -0.868 e. The lowest BCUT2D eigenvalue weighted by molar-refractivity contribution is -0.270. The number of benzene rings is 2. The molecule has 0 aliphatic rings. The van der Waals surface area contributed by atoms with Crippen LogP contribution in [0.5, 0.6) is 28.7 Å². The van der Waals surface area contributed by atoms with Gasteiger partial charge in [0, 0.05) is 41.0 Å². The summed E-state index contributed by atoms with van der Waals surface area (Å²) in [5, 5.41) is 14.0. The number of rotatable bonds is 12. The van der Waals surface area contributed by atoms with Gasteiger partial charge in [0.05, 0.1) is 34.5 Å². The van der Waals surface area contributed by atoms with Crippen LogP contribution >= 0.6 is 0 Å². The van der Waals surface area contributed by atoms with Crippen LogP contribution in [0.1, 0.15) is 18.9 Å². The number of hydrogen-bond acceptors (Lipinski definition) is 7. The van der Waals surface area contributed by atoms with Gasteiger partial charge in [-0.1, -0.05) is 36.4 Å². The van der Waals surface area contributed by atoms with Crippen molar-refractivity contribution in [1.29, 1.82) is 0 Å². The van der Waals surface area contributed by atoms with Gasteiger partial charge in [0.2, 0.25) is 10.6 Å². The van der Waals surface area contributed by atoms with E-state index in [4.69, 9.17) is 18.9 Å². The molecule has 0 amide bonds. The van der Waals surface area contributed by atoms with E-state index in [2.05, 4.69) is 4.98 Å². The van der Waals surface area contributed by atoms with Crippen molar-refractivity contribution in [3.05, 3.63) is 76.7 Å². The molecule has 200 valence electrons. The summed E-state index contributed by atoms with van der Waals surface area (Å²) in [7, 11) is 4.12. The van der Waals surface area contributed by atoms with Crippen molar-refractivity contribution in [2.75, 3.05) is 39.4 Å². The molecule has 0 bridgehead atoms. The molecule has 1 unspecified atom stereocenters. The van der Waals surface area contributed by atoms with E-state index in [9.17, 15) is 9.90 Å². The lowest BCUT2D eigenvalue weighted by atomic mass is 10.2. The number of nitrogens with zero attached hydrogens (tertiary/aromatic N) is 2. The Morgan fingerprint density at radius 1 is 0.974 bits per heavy atom. The van der Waals surface area contributed by atoms with E-state index in [0.717, 1.165) is 5.56 Å². The molecule has 4 aromatic rings. The Kier molecular flexibility index (Phi) is 9.02. The van der Waals surface area contributed by atoms with Gasteiger partial charge in [0.25, 0.3) is 0 Å². The minimum atomic E-state index is -0.540. The fourth-order valence-electron chi connectivity index (χ4n) is 4.35. The summed E-state index contributed by atoms with van der Waals surface area (Å²) >= 11 is 0. The average Bonchev–Trinajstić information content (AvgIpc) is 2.96. The van der Waals surface area contributed by atoms with Gasteiger partial charge in [-0.05, 0) is 24.3 Å². The van der Waals surface area contributed by atoms with Crippen LogP contribution in [0.3, 0.4) is 0 Å². The second-order valence-corrected chi connectivity index (χ2v) is 10.8. The predicted molar refractivity (Wildman–Crippen MR) is 148 cm³/mol. The van der Waals surface area contributed by atoms with Gasteiger partial charge < -0.3 is 24.1 Å². The quantitative estimate of drug-likeness (QED) is 0.199. The van der Waals surface area contributed by atoms with E-state index in [1.54, 1.807) is 56.4 Å². The Hall–Kier alpha value is -3.85. The average molecular weight is 537 g/mol. The Bertz CT molecular complexity index is 1420. The number of ether oxygens (including phenoxy) is 4. The molecule has 0 N–H and O–H groups in total. The largest absolute Gasteiger partial charge is 0.868 e. The van der Waals surface area contributed by atoms with Gasteiger partial charge in [-0.15, -0.1) is 0 Å². The van der Waals surface area contributed by atoms with Gasteiger partial charge in [-0.25, -0.2) is 4.98 Å². The third-order valence-electron chi connectivity index (χ3n) is 6.20. The van der Waals surface area contributed by atoms with Gasteiger partial charge in [0.1, 0.15) is 22.9 Å². The molecule has 2 aromatic carbocycles. The first-order chi connectivity index (χ1) is 18.5. The maximum absolute atomic E-state index is 13.7. The molecule has 0 saturated carbocycles. The fourth-order valence-corrected chi connectivity index (χ4v) is 6.33. The molecule has 0 spiro atoms. The number of fused-ring (bicyclic) bond motifs is 1. The maximum Gasteiger partial charge on any atom is 0.307 e. The fraction of sp³-hybridized carbons (Fsp3) is 0.310. The monoisotopic (exact) mass is 536 g/mol. The lowest BCUT2D eigenvalue weighted by Gasteiger charge is -2.19.